The van der Waals surface area contributed by atoms with E-state index in [0.717, 1.165) is 29.8 Å². The van der Waals surface area contributed by atoms with Crippen LogP contribution in [0.4, 0.5) is 0 Å². The zero-order chi connectivity index (χ0) is 34.9. The summed E-state index contributed by atoms with van der Waals surface area (Å²) in [5, 5.41) is 21.2. The highest BCUT2D eigenvalue weighted by Gasteiger charge is 2.14. The summed E-state index contributed by atoms with van der Waals surface area (Å²) in [5.41, 5.74) is 7.69. The number of hydrogen-bond donors (Lipinski definition) is 7. The summed E-state index contributed by atoms with van der Waals surface area (Å²) in [7, 11) is -3.81. The van der Waals surface area contributed by atoms with Gasteiger partial charge in [0, 0.05) is 24.2 Å². The maximum absolute atomic E-state index is 12.1. The number of nitrogens with zero attached hydrogens (tertiary/aromatic N) is 2. The highest BCUT2D eigenvalue weighted by Crippen LogP contribution is 2.25. The van der Waals surface area contributed by atoms with Crippen LogP contribution in [0.15, 0.2) is 71.8 Å². The molecule has 0 spiro atoms. The highest BCUT2D eigenvalue weighted by atomic mass is 32.2. The lowest BCUT2D eigenvalue weighted by atomic mass is 10.1. The molecule has 0 aliphatic heterocycles. The predicted molar refractivity (Wildman–Crippen MR) is 187 cm³/mol. The second-order valence-corrected chi connectivity index (χ2v) is 12.8. The van der Waals surface area contributed by atoms with Crippen LogP contribution in [0.25, 0.3) is 16.9 Å². The first-order valence-corrected chi connectivity index (χ1v) is 17.6. The number of carbonyl (C=O) groups excluding carboxylic acids is 3. The Labute approximate surface area is 286 Å². The second-order valence-electron chi connectivity index (χ2n) is 10.9. The average Bonchev–Trinajstić information content (AvgIpc) is 3.50. The summed E-state index contributed by atoms with van der Waals surface area (Å²) in [6, 6.07) is 16.2. The van der Waals surface area contributed by atoms with Crippen LogP contribution in [0, 0.1) is 6.92 Å². The van der Waals surface area contributed by atoms with Crippen LogP contribution in [0.2, 0.25) is 0 Å². The Morgan fingerprint density at radius 3 is 2.29 bits per heavy atom. The van der Waals surface area contributed by atoms with E-state index in [4.69, 9.17) is 15.1 Å². The van der Waals surface area contributed by atoms with E-state index in [0.29, 0.717) is 43.0 Å². The highest BCUT2D eigenvalue weighted by molar-refractivity contribution is 7.89. The number of aromatic nitrogens is 2. The molecule has 0 aliphatic rings. The van der Waals surface area contributed by atoms with Gasteiger partial charge < -0.3 is 21.3 Å². The first-order valence-electron chi connectivity index (χ1n) is 15.4. The largest absolute Gasteiger partial charge is 0.379 e. The first-order chi connectivity index (χ1) is 23.0. The molecule has 0 saturated heterocycles. The van der Waals surface area contributed by atoms with Crippen LogP contribution >= 0.6 is 12.6 Å². The number of hydroxylamine groups is 1. The minimum Gasteiger partial charge on any atom is -0.379 e. The van der Waals surface area contributed by atoms with Gasteiger partial charge in [-0.05, 0) is 63.2 Å². The number of nitrogens with one attached hydrogen (secondary N) is 5. The lowest BCUT2D eigenvalue weighted by Crippen LogP contribution is -2.38. The van der Waals surface area contributed by atoms with Crippen LogP contribution in [-0.4, -0.2) is 80.8 Å². The van der Waals surface area contributed by atoms with Crippen LogP contribution in [0.3, 0.4) is 0 Å². The van der Waals surface area contributed by atoms with Crippen molar-refractivity contribution in [1.82, 2.24) is 36.5 Å². The lowest BCUT2D eigenvalue weighted by Gasteiger charge is -2.10. The molecule has 2 aromatic carbocycles. The van der Waals surface area contributed by atoms with Gasteiger partial charge in [-0.25, -0.2) is 23.7 Å². The Kier molecular flexibility index (Phi) is 15.7. The zero-order valence-electron chi connectivity index (χ0n) is 27.0. The summed E-state index contributed by atoms with van der Waals surface area (Å²) < 4.78 is 25.1. The first kappa shape index (κ1) is 38.4. The fourth-order valence-electron chi connectivity index (χ4n) is 4.30. The van der Waals surface area contributed by atoms with Crippen LogP contribution in [0.1, 0.15) is 30.5 Å². The van der Waals surface area contributed by atoms with E-state index in [1.165, 1.54) is 12.1 Å². The van der Waals surface area contributed by atoms with E-state index in [-0.39, 0.29) is 54.5 Å². The third-order valence-electron chi connectivity index (χ3n) is 6.91. The van der Waals surface area contributed by atoms with Crippen LogP contribution < -0.4 is 31.9 Å². The van der Waals surface area contributed by atoms with Gasteiger partial charge in [0.1, 0.15) is 6.61 Å². The summed E-state index contributed by atoms with van der Waals surface area (Å²) in [5.74, 6) is -0.569. The second kappa shape index (κ2) is 19.7. The number of nitrogens with two attached hydrogens (primary N) is 1. The molecule has 0 saturated carbocycles. The van der Waals surface area contributed by atoms with Gasteiger partial charge in [0.05, 0.1) is 47.4 Å². The van der Waals surface area contributed by atoms with Crippen molar-refractivity contribution in [1.29, 1.82) is 0 Å². The van der Waals surface area contributed by atoms with Gasteiger partial charge in [0.25, 0.3) is 0 Å². The van der Waals surface area contributed by atoms with E-state index < -0.39 is 10.0 Å². The van der Waals surface area contributed by atoms with Crippen molar-refractivity contribution in [2.75, 3.05) is 45.0 Å². The normalized spacial score (nSPS) is 11.2. The van der Waals surface area contributed by atoms with Crippen molar-refractivity contribution in [3.05, 3.63) is 78.1 Å². The number of primary sulfonamides is 1. The summed E-state index contributed by atoms with van der Waals surface area (Å²) >= 11 is 3.86. The van der Waals surface area contributed by atoms with Crippen LogP contribution in [0.5, 0.6) is 0 Å². The Morgan fingerprint density at radius 1 is 0.917 bits per heavy atom. The molecule has 0 unspecified atom stereocenters. The molecule has 0 radical (unpaired) electrons. The van der Waals surface area contributed by atoms with Crippen molar-refractivity contribution in [2.24, 2.45) is 5.14 Å². The molecule has 14 nitrogen and oxygen atoms in total. The number of Topliss-reactive ketones (excluding diaryl/α,β-unsaturated/α-hetero) is 1. The number of thiol groups is 1. The molecule has 0 aliphatic carbocycles. The van der Waals surface area contributed by atoms with E-state index in [1.807, 2.05) is 37.3 Å². The molecular weight excluding hydrogens is 657 g/mol. The van der Waals surface area contributed by atoms with Crippen molar-refractivity contribution in [3.8, 4) is 16.9 Å². The number of aryl methyl sites for hydroxylation is 1. The predicted octanol–water partition coefficient (Wildman–Crippen LogP) is 1.11. The van der Waals surface area contributed by atoms with Gasteiger partial charge >= 0.3 is 0 Å². The Hall–Kier alpha value is -4.06. The number of amides is 2. The fourth-order valence-corrected chi connectivity index (χ4v) is 4.93. The maximum Gasteiger partial charge on any atom is 0.239 e. The number of benzene rings is 2. The van der Waals surface area contributed by atoms with E-state index in [9.17, 15) is 22.8 Å². The smallest absolute Gasteiger partial charge is 0.239 e. The molecule has 48 heavy (non-hydrogen) atoms. The Morgan fingerprint density at radius 2 is 1.60 bits per heavy atom. The average molecular weight is 701 g/mol. The Bertz CT molecular complexity index is 1630. The molecule has 16 heteroatoms. The number of ketones is 1. The van der Waals surface area contributed by atoms with Crippen molar-refractivity contribution < 1.29 is 27.6 Å². The summed E-state index contributed by atoms with van der Waals surface area (Å²) in [6.07, 6.45) is 1.79. The molecule has 260 valence electrons. The molecule has 1 heterocycles. The van der Waals surface area contributed by atoms with E-state index >= 15 is 0 Å². The maximum atomic E-state index is 12.1. The van der Waals surface area contributed by atoms with Gasteiger partial charge in [0.15, 0.2) is 5.78 Å². The molecule has 2 amide bonds. The molecule has 7 N–H and O–H groups in total. The summed E-state index contributed by atoms with van der Waals surface area (Å²) in [4.78, 5) is 40.8. The number of rotatable bonds is 22. The van der Waals surface area contributed by atoms with Crippen LogP contribution in [-0.2, 0) is 35.9 Å². The van der Waals surface area contributed by atoms with Crippen molar-refractivity contribution >= 4 is 40.2 Å². The number of hydrogen-bond acceptors (Lipinski definition) is 11. The third-order valence-corrected chi connectivity index (χ3v) is 8.12. The van der Waals surface area contributed by atoms with E-state index in [1.54, 1.807) is 16.8 Å². The van der Waals surface area contributed by atoms with Gasteiger partial charge in [-0.1, -0.05) is 36.4 Å². The standard InChI is InChI=1S/C32H44N8O6S2/c1-23-6-8-25(9-7-23)30-17-26(39-40(30)27-10-12-29(13-11-27)48(33,44)45)21-46-38-16-4-15-34-14-3-5-28(41)19-37-31(42)20-35-24(2)18-36-32(43)22-47/h6-13,17,34-35,38,47H,2-5,14-16,18-22H2,1H3,(H,36,43)(H,37,42)(H2,33,44,45). The van der Waals surface area contributed by atoms with Gasteiger partial charge in [0.2, 0.25) is 21.8 Å². The van der Waals surface area contributed by atoms with Gasteiger partial charge in [-0.2, -0.15) is 17.7 Å². The molecule has 0 atom stereocenters. The molecular formula is C32H44N8O6S2. The van der Waals surface area contributed by atoms with Crippen molar-refractivity contribution in [2.45, 2.75) is 37.7 Å². The SMILES string of the molecule is C=C(CNC(=O)CS)NCC(=O)NCC(=O)CCCNCCCNOCc1cc(-c2ccc(C)cc2)n(-c2ccc(S(N)(=O)=O)cc2)n1. The molecule has 3 aromatic rings. The molecule has 3 rings (SSSR count). The summed E-state index contributed by atoms with van der Waals surface area (Å²) in [6.45, 7) is 8.05. The number of carbonyl (C=O) groups is 3. The van der Waals surface area contributed by atoms with Gasteiger partial charge in [-0.3, -0.25) is 19.2 Å². The molecule has 0 bridgehead atoms. The van der Waals surface area contributed by atoms with Gasteiger partial charge in [-0.15, -0.1) is 0 Å². The number of sulfonamides is 1. The zero-order valence-corrected chi connectivity index (χ0v) is 28.7. The quantitative estimate of drug-likeness (QED) is 0.0453. The minimum atomic E-state index is -3.81. The monoisotopic (exact) mass is 700 g/mol. The Balaban J connectivity index is 1.31. The van der Waals surface area contributed by atoms with E-state index in [2.05, 4.69) is 46.0 Å². The minimum absolute atomic E-state index is 0.0231. The fraction of sp³-hybridized carbons (Fsp3) is 0.375. The van der Waals surface area contributed by atoms with Crippen molar-refractivity contribution in [3.63, 3.8) is 0 Å². The lowest BCUT2D eigenvalue weighted by molar-refractivity contribution is -0.124. The molecule has 1 aromatic heterocycles. The topological polar surface area (TPSA) is 199 Å². The third kappa shape index (κ3) is 13.6. The molecule has 0 fully saturated rings.